The minimum absolute atomic E-state index is 0.00420. The largest absolute Gasteiger partial charge is 0.445 e. The number of nitrogens with one attached hydrogen (secondary N) is 1. The summed E-state index contributed by atoms with van der Waals surface area (Å²) in [5.41, 5.74) is 0. The number of hydrogen-bond acceptors (Lipinski definition) is 4. The van der Waals surface area contributed by atoms with Crippen molar-refractivity contribution in [3.63, 3.8) is 0 Å². The molecule has 0 fully saturated rings. The average molecular weight is 203 g/mol. The van der Waals surface area contributed by atoms with Crippen LogP contribution in [0.2, 0.25) is 0 Å². The van der Waals surface area contributed by atoms with Crippen molar-refractivity contribution < 1.29 is 19.4 Å². The number of aliphatic hydroxyl groups is 1. The summed E-state index contributed by atoms with van der Waals surface area (Å²) in [7, 11) is 1.53. The predicted octanol–water partition coefficient (Wildman–Crippen LogP) is 0.296. The molecule has 0 aromatic heterocycles. The Morgan fingerprint density at radius 3 is 2.93 bits per heavy atom. The molecule has 0 rings (SSSR count). The Hall–Kier alpha value is -1.07. The Labute approximate surface area is 83.7 Å². The number of alkyl carbamates (subject to hydrolysis) is 1. The second kappa shape index (κ2) is 8.52. The Balaban J connectivity index is 3.76. The van der Waals surface area contributed by atoms with Crippen molar-refractivity contribution >= 4 is 6.09 Å². The van der Waals surface area contributed by atoms with E-state index >= 15 is 0 Å². The summed E-state index contributed by atoms with van der Waals surface area (Å²) in [6.07, 6.45) is 1.40. The summed E-state index contributed by atoms with van der Waals surface area (Å²) >= 11 is 0. The van der Waals surface area contributed by atoms with Gasteiger partial charge in [-0.05, 0) is 6.42 Å². The van der Waals surface area contributed by atoms with Crippen LogP contribution in [0.5, 0.6) is 0 Å². The quantitative estimate of drug-likeness (QED) is 0.584. The van der Waals surface area contributed by atoms with Gasteiger partial charge in [0.1, 0.15) is 6.61 Å². The first kappa shape index (κ1) is 12.9. The molecule has 0 spiro atoms. The lowest BCUT2D eigenvalue weighted by Gasteiger charge is -2.15. The van der Waals surface area contributed by atoms with E-state index in [4.69, 9.17) is 14.6 Å². The first-order chi connectivity index (χ1) is 6.74. The molecule has 14 heavy (non-hydrogen) atoms. The van der Waals surface area contributed by atoms with Gasteiger partial charge in [-0.1, -0.05) is 12.7 Å². The molecule has 5 nitrogen and oxygen atoms in total. The van der Waals surface area contributed by atoms with Crippen LogP contribution in [0.25, 0.3) is 0 Å². The smallest absolute Gasteiger partial charge is 0.407 e. The maximum Gasteiger partial charge on any atom is 0.407 e. The number of carbonyl (C=O) groups is 1. The van der Waals surface area contributed by atoms with Crippen LogP contribution < -0.4 is 5.32 Å². The van der Waals surface area contributed by atoms with E-state index in [0.29, 0.717) is 13.0 Å². The highest BCUT2D eigenvalue weighted by atomic mass is 16.5. The fourth-order valence-corrected chi connectivity index (χ4v) is 0.897. The lowest BCUT2D eigenvalue weighted by molar-refractivity contribution is 0.124. The summed E-state index contributed by atoms with van der Waals surface area (Å²) in [6, 6.07) is -0.220. The van der Waals surface area contributed by atoms with Crippen LogP contribution in [0, 0.1) is 0 Å². The van der Waals surface area contributed by atoms with E-state index < -0.39 is 6.09 Å². The molecule has 0 saturated carbocycles. The van der Waals surface area contributed by atoms with Gasteiger partial charge < -0.3 is 19.9 Å². The van der Waals surface area contributed by atoms with Gasteiger partial charge in [0.05, 0.1) is 12.6 Å². The van der Waals surface area contributed by atoms with Crippen molar-refractivity contribution in [2.45, 2.75) is 12.5 Å². The van der Waals surface area contributed by atoms with Gasteiger partial charge in [-0.15, -0.1) is 0 Å². The molecular formula is C9H17NO4. The molecule has 1 unspecified atom stereocenters. The van der Waals surface area contributed by atoms with Crippen LogP contribution in [-0.4, -0.2) is 44.2 Å². The second-order valence-corrected chi connectivity index (χ2v) is 2.70. The molecule has 1 amide bonds. The van der Waals surface area contributed by atoms with Gasteiger partial charge in [-0.3, -0.25) is 0 Å². The van der Waals surface area contributed by atoms with Crippen molar-refractivity contribution in [2.75, 3.05) is 26.9 Å². The van der Waals surface area contributed by atoms with Crippen LogP contribution in [0.1, 0.15) is 6.42 Å². The summed E-state index contributed by atoms with van der Waals surface area (Å²) in [4.78, 5) is 11.0. The van der Waals surface area contributed by atoms with Crippen molar-refractivity contribution in [1.82, 2.24) is 5.32 Å². The first-order valence-electron chi connectivity index (χ1n) is 4.38. The molecule has 1 atom stereocenters. The predicted molar refractivity (Wildman–Crippen MR) is 52.0 cm³/mol. The zero-order valence-electron chi connectivity index (χ0n) is 8.36. The van der Waals surface area contributed by atoms with Crippen molar-refractivity contribution in [2.24, 2.45) is 0 Å². The van der Waals surface area contributed by atoms with Gasteiger partial charge in [0.25, 0.3) is 0 Å². The minimum atomic E-state index is -0.527. The topological polar surface area (TPSA) is 67.8 Å². The highest BCUT2D eigenvalue weighted by Gasteiger charge is 2.11. The molecule has 2 N–H and O–H groups in total. The maximum absolute atomic E-state index is 11.0. The normalized spacial score (nSPS) is 11.9. The molecule has 0 aromatic carbocycles. The Morgan fingerprint density at radius 1 is 1.71 bits per heavy atom. The molecule has 82 valence electrons. The summed E-state index contributed by atoms with van der Waals surface area (Å²) in [5.74, 6) is 0. The molecule has 0 saturated heterocycles. The van der Waals surface area contributed by atoms with Crippen LogP contribution >= 0.6 is 0 Å². The molecule has 0 bridgehead atoms. The minimum Gasteiger partial charge on any atom is -0.445 e. The van der Waals surface area contributed by atoms with Gasteiger partial charge in [0.15, 0.2) is 0 Å². The van der Waals surface area contributed by atoms with E-state index in [-0.39, 0.29) is 19.3 Å². The highest BCUT2D eigenvalue weighted by molar-refractivity contribution is 5.67. The van der Waals surface area contributed by atoms with E-state index in [2.05, 4.69) is 11.9 Å². The highest BCUT2D eigenvalue weighted by Crippen LogP contribution is 1.93. The second-order valence-electron chi connectivity index (χ2n) is 2.70. The van der Waals surface area contributed by atoms with Gasteiger partial charge in [-0.25, -0.2) is 4.79 Å². The first-order valence-corrected chi connectivity index (χ1v) is 4.38. The molecular weight excluding hydrogens is 186 g/mol. The number of methoxy groups -OCH3 is 1. The summed E-state index contributed by atoms with van der Waals surface area (Å²) in [6.45, 7) is 3.93. The summed E-state index contributed by atoms with van der Waals surface area (Å²) in [5, 5.41) is 11.2. The third-order valence-electron chi connectivity index (χ3n) is 1.50. The SMILES string of the molecule is C=CCOC(=O)NC(CCO)COC. The van der Waals surface area contributed by atoms with Gasteiger partial charge in [-0.2, -0.15) is 0 Å². The van der Waals surface area contributed by atoms with E-state index in [0.717, 1.165) is 0 Å². The molecule has 0 radical (unpaired) electrons. The number of hydrogen-bond donors (Lipinski definition) is 2. The van der Waals surface area contributed by atoms with Crippen molar-refractivity contribution in [3.05, 3.63) is 12.7 Å². The van der Waals surface area contributed by atoms with Crippen molar-refractivity contribution in [1.29, 1.82) is 0 Å². The Kier molecular flexibility index (Phi) is 7.87. The van der Waals surface area contributed by atoms with Crippen LogP contribution in [0.4, 0.5) is 4.79 Å². The zero-order chi connectivity index (χ0) is 10.8. The lowest BCUT2D eigenvalue weighted by Crippen LogP contribution is -2.39. The molecule has 0 aliphatic carbocycles. The third-order valence-corrected chi connectivity index (χ3v) is 1.50. The standard InChI is InChI=1S/C9H17NO4/c1-3-6-14-9(12)10-8(4-5-11)7-13-2/h3,8,11H,1,4-7H2,2H3,(H,10,12). The van der Waals surface area contributed by atoms with Crippen molar-refractivity contribution in [3.8, 4) is 0 Å². The van der Waals surface area contributed by atoms with E-state index in [9.17, 15) is 4.79 Å². The average Bonchev–Trinajstić information content (AvgIpc) is 2.15. The molecule has 0 aliphatic heterocycles. The molecule has 0 aliphatic rings. The van der Waals surface area contributed by atoms with E-state index in [1.165, 1.54) is 13.2 Å². The number of aliphatic hydroxyl groups excluding tert-OH is 1. The fraction of sp³-hybridized carbons (Fsp3) is 0.667. The monoisotopic (exact) mass is 203 g/mol. The van der Waals surface area contributed by atoms with Gasteiger partial charge in [0.2, 0.25) is 0 Å². The van der Waals surface area contributed by atoms with Crippen LogP contribution in [0.15, 0.2) is 12.7 Å². The van der Waals surface area contributed by atoms with Gasteiger partial charge >= 0.3 is 6.09 Å². The molecule has 5 heteroatoms. The summed E-state index contributed by atoms with van der Waals surface area (Å²) < 4.78 is 9.57. The number of amides is 1. The Morgan fingerprint density at radius 2 is 2.43 bits per heavy atom. The van der Waals surface area contributed by atoms with E-state index in [1.807, 2.05) is 0 Å². The lowest BCUT2D eigenvalue weighted by atomic mass is 10.2. The zero-order valence-corrected chi connectivity index (χ0v) is 8.36. The third kappa shape index (κ3) is 6.45. The van der Waals surface area contributed by atoms with Gasteiger partial charge in [0, 0.05) is 13.7 Å². The fourth-order valence-electron chi connectivity index (χ4n) is 0.897. The molecule has 0 heterocycles. The van der Waals surface area contributed by atoms with Crippen LogP contribution in [-0.2, 0) is 9.47 Å². The van der Waals surface area contributed by atoms with Crippen LogP contribution in [0.3, 0.4) is 0 Å². The Bertz CT molecular complexity index is 166. The number of rotatable bonds is 7. The maximum atomic E-state index is 11.0. The number of carbonyl (C=O) groups excluding carboxylic acids is 1. The molecule has 0 aromatic rings. The number of ether oxygens (including phenoxy) is 2. The van der Waals surface area contributed by atoms with E-state index in [1.54, 1.807) is 0 Å².